The second-order valence-electron chi connectivity index (χ2n) is 3.44. The molecule has 7 heteroatoms. The molecule has 0 aliphatic carbocycles. The van der Waals surface area contributed by atoms with Crippen LogP contribution < -0.4 is 10.0 Å². The zero-order chi connectivity index (χ0) is 13.1. The molecule has 1 rings (SSSR count). The highest BCUT2D eigenvalue weighted by Gasteiger charge is 2.12. The third kappa shape index (κ3) is 3.43. The average molecular weight is 258 g/mol. The summed E-state index contributed by atoms with van der Waals surface area (Å²) in [6, 6.07) is 5.11. The fourth-order valence-electron chi connectivity index (χ4n) is 1.16. The highest BCUT2D eigenvalue weighted by atomic mass is 32.2. The Morgan fingerprint density at radius 2 is 1.82 bits per heavy atom. The van der Waals surface area contributed by atoms with E-state index in [0.717, 1.165) is 0 Å². The lowest BCUT2D eigenvalue weighted by Crippen LogP contribution is -2.25. The fraction of sp³-hybridized carbons (Fsp3) is 0.300. The van der Waals surface area contributed by atoms with Crippen LogP contribution in [0, 0.1) is 0 Å². The summed E-state index contributed by atoms with van der Waals surface area (Å²) in [7, 11) is -2.13. The van der Waals surface area contributed by atoms with Crippen LogP contribution in [-0.4, -0.2) is 32.6 Å². The lowest BCUT2D eigenvalue weighted by Gasteiger charge is -2.11. The minimum absolute atomic E-state index is 0.133. The summed E-state index contributed by atoms with van der Waals surface area (Å²) in [5.41, 5.74) is 0.551. The van der Waals surface area contributed by atoms with Crippen LogP contribution in [0.4, 0.5) is 5.69 Å². The van der Waals surface area contributed by atoms with Crippen LogP contribution in [0.2, 0.25) is 0 Å². The molecule has 6 nitrogen and oxygen atoms in total. The molecule has 0 radical (unpaired) electrons. The SMILES string of the molecule is CNS(=O)(=O)c1ccc(NC(C)C(=O)O)cc1. The summed E-state index contributed by atoms with van der Waals surface area (Å²) in [4.78, 5) is 10.7. The minimum Gasteiger partial charge on any atom is -0.480 e. The van der Waals surface area contributed by atoms with Gasteiger partial charge in [0.25, 0.3) is 0 Å². The molecular weight excluding hydrogens is 244 g/mol. The number of aliphatic carboxylic acids is 1. The summed E-state index contributed by atoms with van der Waals surface area (Å²) in [5.74, 6) is -0.975. The highest BCUT2D eigenvalue weighted by Crippen LogP contribution is 2.14. The number of carboxylic acid groups (broad SMARTS) is 1. The lowest BCUT2D eigenvalue weighted by molar-refractivity contribution is -0.137. The molecule has 3 N–H and O–H groups in total. The maximum absolute atomic E-state index is 11.4. The first-order chi connectivity index (χ1) is 7.86. The Bertz CT molecular complexity index is 496. The lowest BCUT2D eigenvalue weighted by atomic mass is 10.2. The van der Waals surface area contributed by atoms with E-state index in [-0.39, 0.29) is 4.90 Å². The van der Waals surface area contributed by atoms with Crippen molar-refractivity contribution < 1.29 is 18.3 Å². The number of carbonyl (C=O) groups is 1. The molecule has 0 saturated carbocycles. The Morgan fingerprint density at radius 3 is 2.24 bits per heavy atom. The highest BCUT2D eigenvalue weighted by molar-refractivity contribution is 7.89. The van der Waals surface area contributed by atoms with Gasteiger partial charge in [0.2, 0.25) is 10.0 Å². The molecule has 0 aromatic heterocycles. The van der Waals surface area contributed by atoms with Crippen molar-refractivity contribution >= 4 is 21.7 Å². The van der Waals surface area contributed by atoms with E-state index in [4.69, 9.17) is 5.11 Å². The maximum atomic E-state index is 11.4. The molecule has 0 bridgehead atoms. The first-order valence-electron chi connectivity index (χ1n) is 4.90. The van der Waals surface area contributed by atoms with Gasteiger partial charge in [-0.15, -0.1) is 0 Å². The van der Waals surface area contributed by atoms with Crippen molar-refractivity contribution in [1.82, 2.24) is 4.72 Å². The van der Waals surface area contributed by atoms with Gasteiger partial charge < -0.3 is 10.4 Å². The van der Waals surface area contributed by atoms with Gasteiger partial charge in [0, 0.05) is 5.69 Å². The van der Waals surface area contributed by atoms with Gasteiger partial charge in [0.15, 0.2) is 0 Å². The number of hydrogen-bond acceptors (Lipinski definition) is 4. The third-order valence-electron chi connectivity index (χ3n) is 2.19. The monoisotopic (exact) mass is 258 g/mol. The van der Waals surface area contributed by atoms with Crippen molar-refractivity contribution in [2.75, 3.05) is 12.4 Å². The van der Waals surface area contributed by atoms with E-state index in [1.807, 2.05) is 0 Å². The predicted molar refractivity (Wildman–Crippen MR) is 63.4 cm³/mol. The Balaban J connectivity index is 2.86. The zero-order valence-electron chi connectivity index (χ0n) is 9.47. The molecule has 1 aromatic carbocycles. The molecular formula is C10H14N2O4S. The van der Waals surface area contributed by atoms with Crippen LogP contribution in [0.25, 0.3) is 0 Å². The van der Waals surface area contributed by atoms with Gasteiger partial charge in [0.05, 0.1) is 4.90 Å². The smallest absolute Gasteiger partial charge is 0.325 e. The number of rotatable bonds is 5. The van der Waals surface area contributed by atoms with Crippen molar-refractivity contribution in [3.05, 3.63) is 24.3 Å². The van der Waals surface area contributed by atoms with Gasteiger partial charge in [-0.1, -0.05) is 0 Å². The minimum atomic E-state index is -3.45. The topological polar surface area (TPSA) is 95.5 Å². The van der Waals surface area contributed by atoms with Crippen molar-refractivity contribution in [2.45, 2.75) is 17.9 Å². The van der Waals surface area contributed by atoms with E-state index in [1.54, 1.807) is 0 Å². The molecule has 0 amide bonds. The predicted octanol–water partition coefficient (Wildman–Crippen LogP) is 0.480. The largest absolute Gasteiger partial charge is 0.480 e. The van der Waals surface area contributed by atoms with Crippen LogP contribution in [0.15, 0.2) is 29.2 Å². The quantitative estimate of drug-likeness (QED) is 0.714. The first kappa shape index (κ1) is 13.5. The summed E-state index contributed by atoms with van der Waals surface area (Å²) in [6.07, 6.45) is 0. The first-order valence-corrected chi connectivity index (χ1v) is 6.38. The van der Waals surface area contributed by atoms with Crippen molar-refractivity contribution in [3.63, 3.8) is 0 Å². The number of benzene rings is 1. The Labute approximate surface area is 99.7 Å². The van der Waals surface area contributed by atoms with E-state index < -0.39 is 22.0 Å². The van der Waals surface area contributed by atoms with E-state index in [9.17, 15) is 13.2 Å². The van der Waals surface area contributed by atoms with Gasteiger partial charge in [-0.05, 0) is 38.2 Å². The van der Waals surface area contributed by atoms with E-state index in [2.05, 4.69) is 10.0 Å². The zero-order valence-corrected chi connectivity index (χ0v) is 10.3. The summed E-state index contributed by atoms with van der Waals surface area (Å²) in [5, 5.41) is 11.4. The van der Waals surface area contributed by atoms with Crippen LogP contribution in [0.1, 0.15) is 6.92 Å². The Kier molecular flexibility index (Phi) is 4.08. The number of sulfonamides is 1. The molecule has 0 saturated heterocycles. The molecule has 94 valence electrons. The average Bonchev–Trinajstić information content (AvgIpc) is 2.29. The fourth-order valence-corrected chi connectivity index (χ4v) is 1.89. The van der Waals surface area contributed by atoms with Gasteiger partial charge >= 0.3 is 5.97 Å². The van der Waals surface area contributed by atoms with Crippen LogP contribution in [0.3, 0.4) is 0 Å². The summed E-state index contributed by atoms with van der Waals surface area (Å²) >= 11 is 0. The van der Waals surface area contributed by atoms with Crippen LogP contribution in [0.5, 0.6) is 0 Å². The molecule has 0 aliphatic heterocycles. The number of anilines is 1. The van der Waals surface area contributed by atoms with Gasteiger partial charge in [0.1, 0.15) is 6.04 Å². The van der Waals surface area contributed by atoms with Gasteiger partial charge in [-0.25, -0.2) is 13.1 Å². The number of carboxylic acids is 1. The summed E-state index contributed by atoms with van der Waals surface area (Å²) < 4.78 is 25.0. The molecule has 0 fully saturated rings. The molecule has 1 aromatic rings. The van der Waals surface area contributed by atoms with Crippen molar-refractivity contribution in [2.24, 2.45) is 0 Å². The third-order valence-corrected chi connectivity index (χ3v) is 3.62. The standard InChI is InChI=1S/C10H14N2O4S/c1-7(10(13)14)12-8-3-5-9(6-4-8)17(15,16)11-2/h3-7,11-12H,1-2H3,(H,13,14). The molecule has 17 heavy (non-hydrogen) atoms. The van der Waals surface area contributed by atoms with Crippen LogP contribution >= 0.6 is 0 Å². The molecule has 1 unspecified atom stereocenters. The Hall–Kier alpha value is -1.60. The van der Waals surface area contributed by atoms with Crippen LogP contribution in [-0.2, 0) is 14.8 Å². The molecule has 0 spiro atoms. The number of hydrogen-bond donors (Lipinski definition) is 3. The second-order valence-corrected chi connectivity index (χ2v) is 5.32. The normalized spacial score (nSPS) is 13.1. The van der Waals surface area contributed by atoms with E-state index in [0.29, 0.717) is 5.69 Å². The van der Waals surface area contributed by atoms with E-state index in [1.165, 1.54) is 38.2 Å². The van der Waals surface area contributed by atoms with Crippen molar-refractivity contribution in [1.29, 1.82) is 0 Å². The molecule has 0 aliphatic rings. The Morgan fingerprint density at radius 1 is 1.29 bits per heavy atom. The number of nitrogens with one attached hydrogen (secondary N) is 2. The van der Waals surface area contributed by atoms with E-state index >= 15 is 0 Å². The second kappa shape index (κ2) is 5.15. The summed E-state index contributed by atoms with van der Waals surface area (Å²) in [6.45, 7) is 1.50. The molecule has 1 atom stereocenters. The van der Waals surface area contributed by atoms with Gasteiger partial charge in [-0.3, -0.25) is 4.79 Å². The van der Waals surface area contributed by atoms with Crippen molar-refractivity contribution in [3.8, 4) is 0 Å². The maximum Gasteiger partial charge on any atom is 0.325 e. The molecule has 0 heterocycles. The van der Waals surface area contributed by atoms with Gasteiger partial charge in [-0.2, -0.15) is 0 Å².